The lowest BCUT2D eigenvalue weighted by Gasteiger charge is -2.38. The quantitative estimate of drug-likeness (QED) is 0.426. The maximum absolute atomic E-state index is 12.9. The minimum Gasteiger partial charge on any atom is -0.276 e. The number of hydrogen-bond acceptors (Lipinski definition) is 5. The van der Waals surface area contributed by atoms with E-state index in [0.29, 0.717) is 0 Å². The van der Waals surface area contributed by atoms with Gasteiger partial charge in [-0.05, 0) is 30.6 Å². The zero-order chi connectivity index (χ0) is 16.9. The number of imide groups is 1. The highest BCUT2D eigenvalue weighted by molar-refractivity contribution is 7.85. The fourth-order valence-corrected chi connectivity index (χ4v) is 4.57. The normalized spacial score (nSPS) is 34.3. The van der Waals surface area contributed by atoms with Gasteiger partial charge in [0.1, 0.15) is 0 Å². The molecule has 0 aromatic heterocycles. The first kappa shape index (κ1) is 16.6. The van der Waals surface area contributed by atoms with Crippen LogP contribution in [-0.2, 0) is 23.9 Å². The first-order valence-corrected chi connectivity index (χ1v) is 9.92. The van der Waals surface area contributed by atoms with Crippen LogP contribution < -0.4 is 0 Å². The summed E-state index contributed by atoms with van der Waals surface area (Å²) in [5.74, 6) is -0.665. The third-order valence-electron chi connectivity index (χ3n) is 5.35. The monoisotopic (exact) mass is 341 g/mol. The number of amides is 2. The van der Waals surface area contributed by atoms with Gasteiger partial charge in [-0.3, -0.25) is 18.7 Å². The molecule has 0 radical (unpaired) electrons. The van der Waals surface area contributed by atoms with Crippen molar-refractivity contribution in [2.75, 3.05) is 12.9 Å². The van der Waals surface area contributed by atoms with E-state index in [1.807, 2.05) is 13.8 Å². The Bertz CT molecular complexity index is 621. The molecule has 1 aliphatic heterocycles. The first-order chi connectivity index (χ1) is 10.7. The van der Waals surface area contributed by atoms with Crippen molar-refractivity contribution in [3.05, 3.63) is 12.2 Å². The summed E-state index contributed by atoms with van der Waals surface area (Å²) in [6.45, 7) is 3.56. The Morgan fingerprint density at radius 1 is 1.13 bits per heavy atom. The lowest BCUT2D eigenvalue weighted by molar-refractivity contribution is -0.144. The summed E-state index contributed by atoms with van der Waals surface area (Å²) in [6, 6.07) is -0.547. The Kier molecular flexibility index (Phi) is 4.13. The van der Waals surface area contributed by atoms with Crippen molar-refractivity contribution in [2.45, 2.75) is 32.7 Å². The maximum atomic E-state index is 12.9. The molecule has 7 heteroatoms. The Morgan fingerprint density at radius 3 is 1.96 bits per heavy atom. The van der Waals surface area contributed by atoms with Gasteiger partial charge in [0.15, 0.2) is 0 Å². The van der Waals surface area contributed by atoms with Crippen LogP contribution in [0.5, 0.6) is 0 Å². The minimum absolute atomic E-state index is 0.0737. The predicted octanol–water partition coefficient (Wildman–Crippen LogP) is 1.18. The summed E-state index contributed by atoms with van der Waals surface area (Å²) >= 11 is 0. The molecule has 0 spiro atoms. The molecule has 1 saturated heterocycles. The molecule has 3 aliphatic carbocycles. The van der Waals surface area contributed by atoms with E-state index in [4.69, 9.17) is 4.18 Å². The molecule has 4 aliphatic rings. The van der Waals surface area contributed by atoms with E-state index in [0.717, 1.165) is 19.1 Å². The average molecular weight is 341 g/mol. The molecular weight excluding hydrogens is 318 g/mol. The maximum Gasteiger partial charge on any atom is 0.264 e. The molecule has 1 saturated carbocycles. The molecule has 2 bridgehead atoms. The van der Waals surface area contributed by atoms with E-state index in [-0.39, 0.29) is 48.0 Å². The molecule has 2 fully saturated rings. The zero-order valence-electron chi connectivity index (χ0n) is 13.6. The summed E-state index contributed by atoms with van der Waals surface area (Å²) < 4.78 is 27.5. The van der Waals surface area contributed by atoms with Crippen LogP contribution in [0.3, 0.4) is 0 Å². The van der Waals surface area contributed by atoms with E-state index in [9.17, 15) is 18.0 Å². The molecule has 4 rings (SSSR count). The van der Waals surface area contributed by atoms with Crippen LogP contribution in [0, 0.1) is 29.6 Å². The fraction of sp³-hybridized carbons (Fsp3) is 0.750. The van der Waals surface area contributed by atoms with Gasteiger partial charge in [-0.1, -0.05) is 26.0 Å². The van der Waals surface area contributed by atoms with Gasteiger partial charge >= 0.3 is 0 Å². The van der Waals surface area contributed by atoms with Crippen molar-refractivity contribution >= 4 is 21.9 Å². The second kappa shape index (κ2) is 5.70. The molecule has 2 amide bonds. The largest absolute Gasteiger partial charge is 0.276 e. The highest BCUT2D eigenvalue weighted by Crippen LogP contribution is 2.50. The molecule has 0 N–H and O–H groups in total. The van der Waals surface area contributed by atoms with E-state index >= 15 is 0 Å². The van der Waals surface area contributed by atoms with Gasteiger partial charge in [0, 0.05) is 0 Å². The number of fused-ring (bicyclic) bond motifs is 1. The van der Waals surface area contributed by atoms with Crippen LogP contribution in [-0.4, -0.2) is 44.0 Å². The summed E-state index contributed by atoms with van der Waals surface area (Å²) in [4.78, 5) is 27.0. The van der Waals surface area contributed by atoms with Crippen molar-refractivity contribution < 1.29 is 22.2 Å². The van der Waals surface area contributed by atoms with Gasteiger partial charge in [0.2, 0.25) is 11.8 Å². The number of hydrogen-bond donors (Lipinski definition) is 0. The third kappa shape index (κ3) is 2.85. The smallest absolute Gasteiger partial charge is 0.264 e. The molecule has 5 unspecified atom stereocenters. The molecule has 6 nitrogen and oxygen atoms in total. The van der Waals surface area contributed by atoms with Crippen LogP contribution in [0.15, 0.2) is 12.2 Å². The topological polar surface area (TPSA) is 80.8 Å². The highest BCUT2D eigenvalue weighted by Gasteiger charge is 2.58. The van der Waals surface area contributed by atoms with Crippen molar-refractivity contribution in [3.63, 3.8) is 0 Å². The number of carbonyl (C=O) groups excluding carboxylic acids is 2. The Hall–Kier alpha value is -1.21. The standard InChI is InChI=1S/C16H23NO5S/c1-9(2)12(8-22-23(3,20)21)17-15(18)13-10-4-5-11(7-6-10)14(13)16(17)19/h4-5,9-14H,6-8H2,1-3H3. The number of likely N-dealkylation sites (tertiary alicyclic amines) is 1. The molecule has 0 aromatic carbocycles. The minimum atomic E-state index is -3.61. The zero-order valence-corrected chi connectivity index (χ0v) is 14.5. The number of nitrogens with zero attached hydrogens (tertiary/aromatic N) is 1. The Labute approximate surface area is 137 Å². The van der Waals surface area contributed by atoms with E-state index < -0.39 is 16.2 Å². The predicted molar refractivity (Wildman–Crippen MR) is 83.6 cm³/mol. The van der Waals surface area contributed by atoms with Gasteiger partial charge in [-0.15, -0.1) is 0 Å². The van der Waals surface area contributed by atoms with E-state index in [1.54, 1.807) is 0 Å². The van der Waals surface area contributed by atoms with Crippen LogP contribution in [0.25, 0.3) is 0 Å². The SMILES string of the molecule is CC(C)C(COS(C)(=O)=O)N1C(=O)C2C3C=CC(CC3)C2C1=O. The average Bonchev–Trinajstić information content (AvgIpc) is 2.74. The summed E-state index contributed by atoms with van der Waals surface area (Å²) in [7, 11) is -3.61. The number of carbonyl (C=O) groups is 2. The second-order valence-corrected chi connectivity index (χ2v) is 8.83. The Morgan fingerprint density at radius 2 is 1.61 bits per heavy atom. The third-order valence-corrected chi connectivity index (χ3v) is 5.91. The van der Waals surface area contributed by atoms with Crippen LogP contribution in [0.1, 0.15) is 26.7 Å². The van der Waals surface area contributed by atoms with Gasteiger partial charge in [-0.25, -0.2) is 0 Å². The Balaban J connectivity index is 1.87. The molecule has 5 atom stereocenters. The van der Waals surface area contributed by atoms with Crippen molar-refractivity contribution in [1.82, 2.24) is 4.90 Å². The summed E-state index contributed by atoms with van der Waals surface area (Å²) in [5, 5.41) is 0. The lowest BCUT2D eigenvalue weighted by atomic mass is 9.63. The van der Waals surface area contributed by atoms with Crippen LogP contribution in [0.4, 0.5) is 0 Å². The molecular formula is C16H23NO5S. The molecule has 0 aromatic rings. The van der Waals surface area contributed by atoms with Gasteiger partial charge in [0.25, 0.3) is 10.1 Å². The molecule has 128 valence electrons. The summed E-state index contributed by atoms with van der Waals surface area (Å²) in [5.41, 5.74) is 0. The van der Waals surface area contributed by atoms with Crippen molar-refractivity contribution in [3.8, 4) is 0 Å². The van der Waals surface area contributed by atoms with Gasteiger partial charge < -0.3 is 0 Å². The van der Waals surface area contributed by atoms with E-state index in [2.05, 4.69) is 12.2 Å². The van der Waals surface area contributed by atoms with Crippen LogP contribution in [0.2, 0.25) is 0 Å². The summed E-state index contributed by atoms with van der Waals surface area (Å²) in [6.07, 6.45) is 7.01. The second-order valence-electron chi connectivity index (χ2n) is 7.19. The van der Waals surface area contributed by atoms with Gasteiger partial charge in [-0.2, -0.15) is 8.42 Å². The van der Waals surface area contributed by atoms with E-state index in [1.165, 1.54) is 4.90 Å². The van der Waals surface area contributed by atoms with Crippen molar-refractivity contribution in [1.29, 1.82) is 0 Å². The van der Waals surface area contributed by atoms with Crippen LogP contribution >= 0.6 is 0 Å². The fourth-order valence-electron chi connectivity index (χ4n) is 4.18. The van der Waals surface area contributed by atoms with Crippen molar-refractivity contribution in [2.24, 2.45) is 29.6 Å². The number of rotatable bonds is 5. The lowest BCUT2D eigenvalue weighted by Crippen LogP contribution is -2.47. The highest BCUT2D eigenvalue weighted by atomic mass is 32.2. The first-order valence-electron chi connectivity index (χ1n) is 8.10. The van der Waals surface area contributed by atoms with Gasteiger partial charge in [0.05, 0.1) is 30.7 Å². The molecule has 1 heterocycles. The number of allylic oxidation sites excluding steroid dienone is 2. The molecule has 23 heavy (non-hydrogen) atoms.